The van der Waals surface area contributed by atoms with Gasteiger partial charge in [-0.15, -0.1) is 0 Å². The quantitative estimate of drug-likeness (QED) is 0.879. The first-order chi connectivity index (χ1) is 10.1. The lowest BCUT2D eigenvalue weighted by Crippen LogP contribution is -2.01. The molecule has 2 aromatic carbocycles. The van der Waals surface area contributed by atoms with Crippen molar-refractivity contribution in [1.29, 1.82) is 0 Å². The van der Waals surface area contributed by atoms with E-state index in [-0.39, 0.29) is 29.5 Å². The Morgan fingerprint density at radius 1 is 1.14 bits per heavy atom. The second-order valence-electron chi connectivity index (χ2n) is 4.09. The van der Waals surface area contributed by atoms with Crippen molar-refractivity contribution < 1.29 is 18.6 Å². The van der Waals surface area contributed by atoms with Crippen LogP contribution in [0.15, 0.2) is 36.4 Å². The first kappa shape index (κ1) is 15.3. The second kappa shape index (κ2) is 7.07. The summed E-state index contributed by atoms with van der Waals surface area (Å²) < 4.78 is 32.5. The van der Waals surface area contributed by atoms with Crippen LogP contribution in [0.2, 0.25) is 5.02 Å². The summed E-state index contributed by atoms with van der Waals surface area (Å²) in [4.78, 5) is 0. The van der Waals surface area contributed by atoms with E-state index < -0.39 is 11.6 Å². The van der Waals surface area contributed by atoms with Gasteiger partial charge in [-0.25, -0.2) is 8.78 Å². The zero-order valence-corrected chi connectivity index (χ0v) is 11.6. The molecule has 0 amide bonds. The molecule has 108 valence electrons. The van der Waals surface area contributed by atoms with Gasteiger partial charge in [-0.2, -0.15) is 0 Å². The van der Waals surface area contributed by atoms with Gasteiger partial charge < -0.3 is 9.84 Å². The Balaban J connectivity index is 2.20. The number of rotatable bonds is 3. The number of benzene rings is 2. The lowest BCUT2D eigenvalue weighted by Gasteiger charge is -2.09. The third kappa shape index (κ3) is 3.94. The fourth-order valence-corrected chi connectivity index (χ4v) is 1.87. The average molecular weight is 309 g/mol. The van der Waals surface area contributed by atoms with Crippen molar-refractivity contribution in [1.82, 2.24) is 0 Å². The minimum atomic E-state index is -0.586. The molecule has 2 rings (SSSR count). The maximum atomic E-state index is 13.6. The highest BCUT2D eigenvalue weighted by Crippen LogP contribution is 2.23. The summed E-state index contributed by atoms with van der Waals surface area (Å²) in [5.74, 6) is 3.93. The van der Waals surface area contributed by atoms with Crippen LogP contribution in [0.25, 0.3) is 0 Å². The molecule has 1 N–H and O–H groups in total. The predicted molar refractivity (Wildman–Crippen MR) is 76.1 cm³/mol. The molecule has 0 radical (unpaired) electrons. The van der Waals surface area contributed by atoms with Gasteiger partial charge >= 0.3 is 0 Å². The Hall–Kier alpha value is -2.09. The molecule has 0 saturated heterocycles. The van der Waals surface area contributed by atoms with Crippen molar-refractivity contribution in [3.8, 4) is 17.6 Å². The van der Waals surface area contributed by atoms with E-state index in [2.05, 4.69) is 11.8 Å². The Bertz CT molecular complexity index is 685. The summed E-state index contributed by atoms with van der Waals surface area (Å²) in [6, 6.07) is 8.30. The highest BCUT2D eigenvalue weighted by molar-refractivity contribution is 6.31. The van der Waals surface area contributed by atoms with Gasteiger partial charge in [0.15, 0.2) is 11.6 Å². The number of ether oxygens (including phenoxy) is 1. The molecule has 0 unspecified atom stereocenters. The standard InChI is InChI=1S/C16H11ClF2O2/c17-13-4-1-5-14(18)12(13)10-21-16-9-11(3-2-8-20)6-7-15(16)19/h1,4-7,9,20H,8,10H2. The van der Waals surface area contributed by atoms with Crippen molar-refractivity contribution in [3.05, 3.63) is 64.2 Å². The van der Waals surface area contributed by atoms with Gasteiger partial charge in [0.25, 0.3) is 0 Å². The molecule has 0 aliphatic heterocycles. The summed E-state index contributed by atoms with van der Waals surface area (Å²) in [5, 5.41) is 8.84. The minimum Gasteiger partial charge on any atom is -0.486 e. The average Bonchev–Trinajstić information content (AvgIpc) is 2.47. The van der Waals surface area contributed by atoms with Gasteiger partial charge in [0.05, 0.1) is 5.02 Å². The van der Waals surface area contributed by atoms with E-state index in [1.165, 1.54) is 36.4 Å². The number of halogens is 3. The van der Waals surface area contributed by atoms with Gasteiger partial charge in [-0.05, 0) is 30.3 Å². The molecule has 2 aromatic rings. The van der Waals surface area contributed by atoms with Crippen molar-refractivity contribution in [2.75, 3.05) is 6.61 Å². The smallest absolute Gasteiger partial charge is 0.165 e. The number of hydrogen-bond acceptors (Lipinski definition) is 2. The fourth-order valence-electron chi connectivity index (χ4n) is 1.65. The molecule has 0 aliphatic rings. The van der Waals surface area contributed by atoms with Crippen molar-refractivity contribution in [2.24, 2.45) is 0 Å². The fraction of sp³-hybridized carbons (Fsp3) is 0.125. The van der Waals surface area contributed by atoms with Gasteiger partial charge in [0, 0.05) is 11.1 Å². The molecular weight excluding hydrogens is 298 g/mol. The topological polar surface area (TPSA) is 29.5 Å². The van der Waals surface area contributed by atoms with Crippen LogP contribution in [-0.2, 0) is 6.61 Å². The molecular formula is C16H11ClF2O2. The van der Waals surface area contributed by atoms with Crippen LogP contribution in [0, 0.1) is 23.5 Å². The molecule has 2 nitrogen and oxygen atoms in total. The Labute approximate surface area is 125 Å². The zero-order chi connectivity index (χ0) is 15.2. The largest absolute Gasteiger partial charge is 0.486 e. The Kier molecular flexibility index (Phi) is 5.15. The van der Waals surface area contributed by atoms with Gasteiger partial charge in [0.2, 0.25) is 0 Å². The highest BCUT2D eigenvalue weighted by Gasteiger charge is 2.10. The van der Waals surface area contributed by atoms with Crippen LogP contribution < -0.4 is 4.74 Å². The van der Waals surface area contributed by atoms with Crippen molar-refractivity contribution >= 4 is 11.6 Å². The van der Waals surface area contributed by atoms with E-state index in [4.69, 9.17) is 21.4 Å². The second-order valence-corrected chi connectivity index (χ2v) is 4.50. The normalized spacial score (nSPS) is 9.90. The third-order valence-electron chi connectivity index (χ3n) is 2.68. The lowest BCUT2D eigenvalue weighted by molar-refractivity contribution is 0.285. The first-order valence-corrected chi connectivity index (χ1v) is 6.44. The molecule has 0 atom stereocenters. The number of aliphatic hydroxyl groups is 1. The molecule has 0 heterocycles. The highest BCUT2D eigenvalue weighted by atomic mass is 35.5. The summed E-state index contributed by atoms with van der Waals surface area (Å²) in [6.07, 6.45) is 0. The predicted octanol–water partition coefficient (Wildman–Crippen LogP) is 3.54. The van der Waals surface area contributed by atoms with Crippen molar-refractivity contribution in [3.63, 3.8) is 0 Å². The van der Waals surface area contributed by atoms with Crippen LogP contribution in [0.4, 0.5) is 8.78 Å². The van der Waals surface area contributed by atoms with E-state index in [9.17, 15) is 8.78 Å². The van der Waals surface area contributed by atoms with E-state index in [0.29, 0.717) is 5.56 Å². The molecule has 0 aliphatic carbocycles. The van der Waals surface area contributed by atoms with Crippen LogP contribution >= 0.6 is 11.6 Å². The first-order valence-electron chi connectivity index (χ1n) is 6.07. The summed E-state index contributed by atoms with van der Waals surface area (Å²) >= 11 is 5.87. The van der Waals surface area contributed by atoms with Gasteiger partial charge in [-0.1, -0.05) is 29.5 Å². The molecule has 0 bridgehead atoms. The van der Waals surface area contributed by atoms with Crippen LogP contribution in [0.1, 0.15) is 11.1 Å². The van der Waals surface area contributed by atoms with E-state index in [1.807, 2.05) is 0 Å². The zero-order valence-electron chi connectivity index (χ0n) is 10.9. The van der Waals surface area contributed by atoms with Crippen LogP contribution in [0.5, 0.6) is 5.75 Å². The van der Waals surface area contributed by atoms with E-state index >= 15 is 0 Å². The summed E-state index contributed by atoms with van der Waals surface area (Å²) in [6.45, 7) is -0.488. The maximum Gasteiger partial charge on any atom is 0.165 e. The molecule has 21 heavy (non-hydrogen) atoms. The minimum absolute atomic E-state index is 0.0564. The third-order valence-corrected chi connectivity index (χ3v) is 3.03. The van der Waals surface area contributed by atoms with Crippen LogP contribution in [-0.4, -0.2) is 11.7 Å². The molecule has 5 heteroatoms. The van der Waals surface area contributed by atoms with E-state index in [0.717, 1.165) is 0 Å². The maximum absolute atomic E-state index is 13.6. The van der Waals surface area contributed by atoms with Crippen LogP contribution in [0.3, 0.4) is 0 Å². The Morgan fingerprint density at radius 2 is 1.95 bits per heavy atom. The molecule has 0 fully saturated rings. The van der Waals surface area contributed by atoms with E-state index in [1.54, 1.807) is 0 Å². The molecule has 0 aromatic heterocycles. The summed E-state index contributed by atoms with van der Waals surface area (Å²) in [7, 11) is 0. The Morgan fingerprint density at radius 3 is 2.67 bits per heavy atom. The number of aliphatic hydroxyl groups excluding tert-OH is 1. The van der Waals surface area contributed by atoms with Crippen molar-refractivity contribution in [2.45, 2.75) is 6.61 Å². The van der Waals surface area contributed by atoms with Gasteiger partial charge in [-0.3, -0.25) is 0 Å². The van der Waals surface area contributed by atoms with Gasteiger partial charge in [0.1, 0.15) is 19.0 Å². The SMILES string of the molecule is OCC#Cc1ccc(F)c(OCc2c(F)cccc2Cl)c1. The molecule has 0 saturated carbocycles. The lowest BCUT2D eigenvalue weighted by atomic mass is 10.2. The summed E-state index contributed by atoms with van der Waals surface area (Å²) in [5.41, 5.74) is 0.644. The number of hydrogen-bond donors (Lipinski definition) is 1. The molecule has 0 spiro atoms. The monoisotopic (exact) mass is 308 g/mol.